The topological polar surface area (TPSA) is 111 Å². The van der Waals surface area contributed by atoms with Crippen LogP contribution >= 0.6 is 0 Å². The van der Waals surface area contributed by atoms with E-state index >= 15 is 0 Å². The molecule has 2 heterocycles. The molecule has 3 amide bonds. The van der Waals surface area contributed by atoms with Crippen molar-refractivity contribution in [1.82, 2.24) is 20.0 Å². The van der Waals surface area contributed by atoms with Crippen molar-refractivity contribution in [1.29, 1.82) is 0 Å². The molecular formula is C17H16N4O5. The molecule has 0 aliphatic carbocycles. The molecule has 1 aliphatic heterocycles. The van der Waals surface area contributed by atoms with Gasteiger partial charge in [0.05, 0.1) is 12.6 Å². The van der Waals surface area contributed by atoms with Gasteiger partial charge in [0.15, 0.2) is 6.61 Å². The average molecular weight is 356 g/mol. The molecule has 134 valence electrons. The molecule has 1 N–H and O–H groups in total. The van der Waals surface area contributed by atoms with Crippen molar-refractivity contribution in [3.8, 4) is 0 Å². The fourth-order valence-corrected chi connectivity index (χ4v) is 2.54. The Morgan fingerprint density at radius 3 is 2.58 bits per heavy atom. The molecule has 26 heavy (non-hydrogen) atoms. The highest BCUT2D eigenvalue weighted by Gasteiger charge is 2.33. The molecule has 1 atom stereocenters. The third-order valence-electron chi connectivity index (χ3n) is 3.82. The van der Waals surface area contributed by atoms with Gasteiger partial charge in [0.25, 0.3) is 11.5 Å². The Hall–Kier alpha value is -3.49. The number of carbonyl (C=O) groups is 3. The SMILES string of the molecule is O=C(Cn1ncccc1=O)NC(CN1C(=O)COC1=O)c1ccccc1. The summed E-state index contributed by atoms with van der Waals surface area (Å²) in [7, 11) is 0. The second kappa shape index (κ2) is 7.60. The van der Waals surface area contributed by atoms with E-state index in [4.69, 9.17) is 4.74 Å². The van der Waals surface area contributed by atoms with Gasteiger partial charge in [-0.15, -0.1) is 0 Å². The minimum absolute atomic E-state index is 0.0649. The molecule has 1 fully saturated rings. The number of hydrogen-bond acceptors (Lipinski definition) is 6. The van der Waals surface area contributed by atoms with Gasteiger partial charge in [-0.25, -0.2) is 14.4 Å². The summed E-state index contributed by atoms with van der Waals surface area (Å²) in [4.78, 5) is 48.5. The lowest BCUT2D eigenvalue weighted by Gasteiger charge is -2.22. The second-order valence-electron chi connectivity index (χ2n) is 5.61. The van der Waals surface area contributed by atoms with Crippen LogP contribution < -0.4 is 10.9 Å². The smallest absolute Gasteiger partial charge is 0.417 e. The number of cyclic esters (lactones) is 1. The van der Waals surface area contributed by atoms with Gasteiger partial charge in [-0.2, -0.15) is 5.10 Å². The summed E-state index contributed by atoms with van der Waals surface area (Å²) in [5.41, 5.74) is 0.305. The predicted molar refractivity (Wildman–Crippen MR) is 88.9 cm³/mol. The summed E-state index contributed by atoms with van der Waals surface area (Å²) in [5.74, 6) is -0.939. The molecule has 1 aliphatic rings. The van der Waals surface area contributed by atoms with Crippen LogP contribution in [0.1, 0.15) is 11.6 Å². The van der Waals surface area contributed by atoms with Gasteiger partial charge in [-0.3, -0.25) is 14.4 Å². The van der Waals surface area contributed by atoms with E-state index in [1.54, 1.807) is 24.3 Å². The standard InChI is InChI=1S/C17H16N4O5/c22-14(10-21-15(23)7-4-8-18-21)19-13(12-5-2-1-3-6-12)9-20-16(24)11-26-17(20)25/h1-8,13H,9-11H2,(H,19,22). The molecule has 0 radical (unpaired) electrons. The van der Waals surface area contributed by atoms with Crippen LogP contribution in [0.3, 0.4) is 0 Å². The van der Waals surface area contributed by atoms with Gasteiger partial charge in [-0.05, 0) is 11.6 Å². The molecule has 9 nitrogen and oxygen atoms in total. The Bertz CT molecular complexity index is 864. The molecule has 0 spiro atoms. The molecule has 2 aromatic rings. The zero-order valence-corrected chi connectivity index (χ0v) is 13.7. The summed E-state index contributed by atoms with van der Waals surface area (Å²) < 4.78 is 5.72. The number of carbonyl (C=O) groups excluding carboxylic acids is 3. The minimum Gasteiger partial charge on any atom is -0.439 e. The zero-order chi connectivity index (χ0) is 18.5. The van der Waals surface area contributed by atoms with Gasteiger partial charge < -0.3 is 10.1 Å². The first-order valence-electron chi connectivity index (χ1n) is 7.88. The highest BCUT2D eigenvalue weighted by Crippen LogP contribution is 2.17. The van der Waals surface area contributed by atoms with Crippen LogP contribution in [0.25, 0.3) is 0 Å². The van der Waals surface area contributed by atoms with Crippen molar-refractivity contribution in [3.63, 3.8) is 0 Å². The fraction of sp³-hybridized carbons (Fsp3) is 0.235. The van der Waals surface area contributed by atoms with Crippen molar-refractivity contribution < 1.29 is 19.1 Å². The Morgan fingerprint density at radius 2 is 1.92 bits per heavy atom. The van der Waals surface area contributed by atoms with Crippen molar-refractivity contribution in [3.05, 3.63) is 64.6 Å². The number of amides is 3. The number of imide groups is 1. The van der Waals surface area contributed by atoms with Gasteiger partial charge in [0.1, 0.15) is 6.54 Å². The van der Waals surface area contributed by atoms with Crippen LogP contribution in [0, 0.1) is 0 Å². The lowest BCUT2D eigenvalue weighted by molar-refractivity contribution is -0.127. The Balaban J connectivity index is 1.76. The van der Waals surface area contributed by atoms with Crippen LogP contribution in [0.15, 0.2) is 53.5 Å². The van der Waals surface area contributed by atoms with Crippen LogP contribution in [0.5, 0.6) is 0 Å². The van der Waals surface area contributed by atoms with E-state index in [9.17, 15) is 19.2 Å². The fourth-order valence-electron chi connectivity index (χ4n) is 2.54. The van der Waals surface area contributed by atoms with E-state index in [0.29, 0.717) is 5.56 Å². The van der Waals surface area contributed by atoms with E-state index in [1.165, 1.54) is 18.3 Å². The summed E-state index contributed by atoms with van der Waals surface area (Å²) in [6.45, 7) is -0.649. The number of nitrogens with one attached hydrogen (secondary N) is 1. The first-order chi connectivity index (χ1) is 12.5. The second-order valence-corrected chi connectivity index (χ2v) is 5.61. The predicted octanol–water partition coefficient (Wildman–Crippen LogP) is 0.0796. The van der Waals surface area contributed by atoms with Gasteiger partial charge in [0, 0.05) is 12.3 Å². The van der Waals surface area contributed by atoms with Crippen LogP contribution in [-0.2, 0) is 20.9 Å². The maximum absolute atomic E-state index is 12.4. The molecule has 1 aromatic carbocycles. The minimum atomic E-state index is -0.744. The van der Waals surface area contributed by atoms with Crippen molar-refractivity contribution in [2.75, 3.05) is 13.2 Å². The van der Waals surface area contributed by atoms with Gasteiger partial charge in [-0.1, -0.05) is 30.3 Å². The number of ether oxygens (including phenoxy) is 1. The molecule has 0 bridgehead atoms. The number of hydrogen-bond donors (Lipinski definition) is 1. The third-order valence-corrected chi connectivity index (χ3v) is 3.82. The molecule has 3 rings (SSSR count). The highest BCUT2D eigenvalue weighted by atomic mass is 16.6. The summed E-state index contributed by atoms with van der Waals surface area (Å²) >= 11 is 0. The van der Waals surface area contributed by atoms with Gasteiger partial charge in [0.2, 0.25) is 5.91 Å². The molecule has 1 saturated heterocycles. The van der Waals surface area contributed by atoms with Gasteiger partial charge >= 0.3 is 6.09 Å². The van der Waals surface area contributed by atoms with Crippen LogP contribution in [0.4, 0.5) is 4.79 Å². The number of nitrogens with zero attached hydrogens (tertiary/aromatic N) is 3. The highest BCUT2D eigenvalue weighted by molar-refractivity contribution is 5.97. The van der Waals surface area contributed by atoms with E-state index in [-0.39, 0.29) is 19.7 Å². The molecule has 9 heteroatoms. The molecule has 1 unspecified atom stereocenters. The zero-order valence-electron chi connectivity index (χ0n) is 13.7. The lowest BCUT2D eigenvalue weighted by atomic mass is 10.1. The summed E-state index contributed by atoms with van der Waals surface area (Å²) in [6, 6.07) is 11.0. The van der Waals surface area contributed by atoms with Crippen LogP contribution in [-0.4, -0.2) is 45.7 Å². The molecule has 1 aromatic heterocycles. The summed E-state index contributed by atoms with van der Waals surface area (Å²) in [6.07, 6.45) is 0.661. The normalized spacial score (nSPS) is 14.8. The monoisotopic (exact) mass is 356 g/mol. The Kier molecular flexibility index (Phi) is 5.07. The molecular weight excluding hydrogens is 340 g/mol. The average Bonchev–Trinajstić information content (AvgIpc) is 2.96. The summed E-state index contributed by atoms with van der Waals surface area (Å²) in [5, 5.41) is 6.57. The Labute approximate surface area is 148 Å². The van der Waals surface area contributed by atoms with E-state index in [1.807, 2.05) is 6.07 Å². The maximum Gasteiger partial charge on any atom is 0.417 e. The van der Waals surface area contributed by atoms with E-state index in [0.717, 1.165) is 9.58 Å². The lowest BCUT2D eigenvalue weighted by Crippen LogP contribution is -2.42. The number of rotatable bonds is 6. The van der Waals surface area contributed by atoms with Crippen molar-refractivity contribution in [2.24, 2.45) is 0 Å². The number of benzene rings is 1. The van der Waals surface area contributed by atoms with Crippen molar-refractivity contribution >= 4 is 17.9 Å². The van der Waals surface area contributed by atoms with Crippen LogP contribution in [0.2, 0.25) is 0 Å². The van der Waals surface area contributed by atoms with Crippen molar-refractivity contribution in [2.45, 2.75) is 12.6 Å². The largest absolute Gasteiger partial charge is 0.439 e. The maximum atomic E-state index is 12.4. The Morgan fingerprint density at radius 1 is 1.15 bits per heavy atom. The number of aromatic nitrogens is 2. The van der Waals surface area contributed by atoms with E-state index in [2.05, 4.69) is 10.4 Å². The first kappa shape index (κ1) is 17.3. The quantitative estimate of drug-likeness (QED) is 0.785. The van der Waals surface area contributed by atoms with E-state index < -0.39 is 29.5 Å². The first-order valence-corrected chi connectivity index (χ1v) is 7.88. The third kappa shape index (κ3) is 3.94. The molecule has 0 saturated carbocycles.